The van der Waals surface area contributed by atoms with Crippen molar-refractivity contribution in [3.8, 4) is 0 Å². The molecule has 6 heavy (non-hydrogen) atoms. The fourth-order valence-corrected chi connectivity index (χ4v) is 0. The van der Waals surface area contributed by atoms with Crippen LogP contribution in [0.3, 0.4) is 0 Å². The molecule has 2 nitrogen and oxygen atoms in total. The van der Waals surface area contributed by atoms with Gasteiger partial charge in [-0.2, -0.15) is 0 Å². The molecule has 1 radical (unpaired) electrons. The van der Waals surface area contributed by atoms with Crippen LogP contribution < -0.4 is 0 Å². The van der Waals surface area contributed by atoms with Gasteiger partial charge in [-0.1, -0.05) is 6.47 Å². The summed E-state index contributed by atoms with van der Waals surface area (Å²) in [6.07, 6.45) is 0. The van der Waals surface area contributed by atoms with Gasteiger partial charge in [0.2, 0.25) is 0 Å². The minimum atomic E-state index is 0. The number of carbonyl (C=O) groups excluding carboxylic acids is 1. The molecule has 0 unspecified atom stereocenters. The molecule has 0 atom stereocenters. The van der Waals surface area contributed by atoms with Gasteiger partial charge in [0.25, 0.3) is 0 Å². The van der Waals surface area contributed by atoms with E-state index in [0.717, 1.165) is 0 Å². The van der Waals surface area contributed by atoms with Crippen LogP contribution in [0.25, 0.3) is 0 Å². The van der Waals surface area contributed by atoms with E-state index in [-0.39, 0.29) is 40.1 Å². The zero-order valence-corrected chi connectivity index (χ0v) is 6.73. The summed E-state index contributed by atoms with van der Waals surface area (Å²) in [5, 5.41) is 0. The van der Waals surface area contributed by atoms with E-state index in [9.17, 15) is 0 Å². The van der Waals surface area contributed by atoms with Crippen LogP contribution in [0.15, 0.2) is 0 Å². The third kappa shape index (κ3) is 23.6. The molecule has 0 N–H and O–H groups in total. The van der Waals surface area contributed by atoms with E-state index in [4.69, 9.17) is 4.79 Å². The van der Waals surface area contributed by atoms with Crippen LogP contribution >= 0.6 is 0 Å². The first kappa shape index (κ1) is 16.0. The van der Waals surface area contributed by atoms with Crippen LogP contribution in [0.1, 0.15) is 0 Å². The Kier molecular flexibility index (Phi) is 46.9. The van der Waals surface area contributed by atoms with Crippen molar-refractivity contribution >= 4 is 6.47 Å². The number of methoxy groups -OCH3 is 1. The molecular weight excluding hydrogens is 157 g/mol. The summed E-state index contributed by atoms with van der Waals surface area (Å²) in [7, 11) is 1.26. The molecule has 0 fully saturated rings. The van der Waals surface area contributed by atoms with Crippen molar-refractivity contribution in [3.63, 3.8) is 0 Å². The van der Waals surface area contributed by atoms with Gasteiger partial charge >= 0.3 is 0 Å². The summed E-state index contributed by atoms with van der Waals surface area (Å²) < 4.78 is 3.74. The first-order valence-electron chi connectivity index (χ1n) is 0.816. The average Bonchev–Trinajstić information content (AvgIpc) is 1.37. The van der Waals surface area contributed by atoms with Crippen molar-refractivity contribution in [1.29, 1.82) is 0 Å². The second-order valence-electron chi connectivity index (χ2n) is 0.287. The van der Waals surface area contributed by atoms with Gasteiger partial charge in [0, 0.05) is 39.8 Å². The molecule has 0 spiro atoms. The quantitative estimate of drug-likeness (QED) is 0.514. The van der Waals surface area contributed by atoms with Crippen LogP contribution in [0.4, 0.5) is 0 Å². The van der Waals surface area contributed by atoms with Crippen molar-refractivity contribution in [1.82, 2.24) is 0 Å². The number of hydrogen-bond acceptors (Lipinski definition) is 2. The van der Waals surface area contributed by atoms with Gasteiger partial charge in [-0.15, -0.1) is 0 Å². The number of rotatable bonds is 1. The fourth-order valence-electron chi connectivity index (χ4n) is 0. The topological polar surface area (TPSA) is 26.3 Å². The molecule has 0 heterocycles. The Morgan fingerprint density at radius 2 is 1.83 bits per heavy atom. The summed E-state index contributed by atoms with van der Waals surface area (Å²) in [6.45, 7) is 1.18. The summed E-state index contributed by atoms with van der Waals surface area (Å²) in [6, 6.07) is 0. The predicted molar refractivity (Wildman–Crippen MR) is 19.1 cm³/mol. The van der Waals surface area contributed by atoms with E-state index in [1.54, 1.807) is 0 Å². The molecule has 0 aliphatic rings. The zero-order valence-electron chi connectivity index (χ0n) is 3.89. The van der Waals surface area contributed by atoms with Gasteiger partial charge in [0.15, 0.2) is 0 Å². The summed E-state index contributed by atoms with van der Waals surface area (Å²) in [5.41, 5.74) is 0. The van der Waals surface area contributed by atoms with E-state index in [1.165, 1.54) is 13.6 Å². The monoisotopic (exact) mass is 163 g/mol. The van der Waals surface area contributed by atoms with Crippen molar-refractivity contribution in [2.24, 2.45) is 0 Å². The van der Waals surface area contributed by atoms with Gasteiger partial charge < -0.3 is 17.0 Å². The maximum Gasteiger partial charge on any atom is 0.0362 e. The molecule has 0 bridgehead atoms. The molecule has 0 aliphatic carbocycles. The molecule has 0 saturated heterocycles. The number of hydrogen-bond donors (Lipinski definition) is 0. The first-order valence-corrected chi connectivity index (χ1v) is 0.816. The molecule has 0 aromatic carbocycles. The Labute approximate surface area is 63.1 Å². The van der Waals surface area contributed by atoms with Crippen LogP contribution in [-0.4, -0.2) is 13.6 Å². The van der Waals surface area contributed by atoms with Crippen LogP contribution in [0.5, 0.6) is 0 Å². The molecule has 0 rings (SSSR count). The van der Waals surface area contributed by atoms with Crippen LogP contribution in [-0.2, 0) is 42.2 Å². The summed E-state index contributed by atoms with van der Waals surface area (Å²) in [4.78, 5) is 8.83. The minimum Gasteiger partial charge on any atom is -0.655 e. The SMILES string of the molecule is CO[C-]=O.[CH3-].[Y]. The maximum absolute atomic E-state index is 8.83. The fraction of sp³-hybridized carbons (Fsp3) is 0.333. The van der Waals surface area contributed by atoms with E-state index in [1.807, 2.05) is 0 Å². The van der Waals surface area contributed by atoms with E-state index >= 15 is 0 Å². The standard InChI is InChI=1S/C2H3O2.CH3.Y/c1-4-2-3;;/h1H3;1H3;/q2*-1;. The van der Waals surface area contributed by atoms with Gasteiger partial charge in [-0.05, 0) is 0 Å². The van der Waals surface area contributed by atoms with E-state index in [0.29, 0.717) is 0 Å². The Bertz CT molecular complexity index is 22.8. The third-order valence-corrected chi connectivity index (χ3v) is 0.0833. The second kappa shape index (κ2) is 17.6. The third-order valence-electron chi connectivity index (χ3n) is 0.0833. The summed E-state index contributed by atoms with van der Waals surface area (Å²) >= 11 is 0. The van der Waals surface area contributed by atoms with Crippen molar-refractivity contribution < 1.29 is 42.2 Å². The van der Waals surface area contributed by atoms with Gasteiger partial charge in [0.1, 0.15) is 0 Å². The second-order valence-corrected chi connectivity index (χ2v) is 0.287. The zero-order chi connectivity index (χ0) is 3.41. The van der Waals surface area contributed by atoms with Crippen LogP contribution in [0.2, 0.25) is 0 Å². The molecule has 0 saturated carbocycles. The van der Waals surface area contributed by atoms with Crippen molar-refractivity contribution in [2.45, 2.75) is 0 Å². The minimum absolute atomic E-state index is 0. The molecule has 35 valence electrons. The van der Waals surface area contributed by atoms with Gasteiger partial charge in [0.05, 0.1) is 0 Å². The van der Waals surface area contributed by atoms with Crippen LogP contribution in [0, 0.1) is 7.43 Å². The Morgan fingerprint density at radius 1 is 1.67 bits per heavy atom. The Morgan fingerprint density at radius 3 is 1.83 bits per heavy atom. The molecule has 0 amide bonds. The summed E-state index contributed by atoms with van der Waals surface area (Å²) in [5.74, 6) is 0. The normalized spacial score (nSPS) is 3.50. The van der Waals surface area contributed by atoms with Crippen molar-refractivity contribution in [2.75, 3.05) is 7.11 Å². The van der Waals surface area contributed by atoms with Gasteiger partial charge in [-0.3, -0.25) is 0 Å². The molecule has 0 aliphatic heterocycles. The number of ether oxygens (including phenoxy) is 1. The first-order chi connectivity index (χ1) is 1.91. The smallest absolute Gasteiger partial charge is 0.0362 e. The molecule has 3 heteroatoms. The predicted octanol–water partition coefficient (Wildman–Crippen LogP) is 0.148. The maximum atomic E-state index is 8.83. The molecule has 0 aromatic rings. The Balaban J connectivity index is -0.0000000450. The largest absolute Gasteiger partial charge is 0.655 e. The molecule has 0 aromatic heterocycles. The average molecular weight is 163 g/mol. The van der Waals surface area contributed by atoms with Crippen molar-refractivity contribution in [3.05, 3.63) is 7.43 Å². The molecular formula is C3H6O2Y-2. The van der Waals surface area contributed by atoms with E-state index in [2.05, 4.69) is 4.74 Å². The van der Waals surface area contributed by atoms with Gasteiger partial charge in [-0.25, -0.2) is 0 Å². The Hall–Kier alpha value is 0.574. The van der Waals surface area contributed by atoms with E-state index < -0.39 is 0 Å².